The van der Waals surface area contributed by atoms with Crippen LogP contribution < -0.4 is 5.32 Å². The number of fused-ring (bicyclic) bond motifs is 1. The fourth-order valence-electron chi connectivity index (χ4n) is 2.68. The average molecular weight is 444 g/mol. The van der Waals surface area contributed by atoms with Crippen LogP contribution in [0.3, 0.4) is 0 Å². The number of carbonyl (C=O) groups is 1. The number of carbonyl (C=O) groups excluding carboxylic acids is 1. The highest BCUT2D eigenvalue weighted by Gasteiger charge is 2.30. The standard InChI is InChI=1S/C19H17ClF3N3O2S/c1-26(2)6-5-10-7-12(20)9-13(16(10)27)17(28)25-18-24-14-4-3-11(19(21,22)23)8-15(14)29-18/h3-4,7-9,27H,5-6H2,1-2H3,(H,24,25,28). The molecule has 1 heterocycles. The molecule has 0 aliphatic rings. The van der Waals surface area contributed by atoms with E-state index in [2.05, 4.69) is 10.3 Å². The van der Waals surface area contributed by atoms with E-state index < -0.39 is 17.6 Å². The van der Waals surface area contributed by atoms with Crippen molar-refractivity contribution in [2.45, 2.75) is 12.6 Å². The third kappa shape index (κ3) is 4.98. The van der Waals surface area contributed by atoms with Crippen molar-refractivity contribution in [2.24, 2.45) is 0 Å². The molecule has 0 aliphatic heterocycles. The first-order chi connectivity index (χ1) is 13.5. The molecule has 3 rings (SSSR count). The van der Waals surface area contributed by atoms with Crippen molar-refractivity contribution in [3.05, 3.63) is 52.0 Å². The number of amides is 1. The molecular weight excluding hydrogens is 427 g/mol. The van der Waals surface area contributed by atoms with Gasteiger partial charge in [0.15, 0.2) is 5.13 Å². The highest BCUT2D eigenvalue weighted by atomic mass is 35.5. The molecule has 29 heavy (non-hydrogen) atoms. The van der Waals surface area contributed by atoms with Gasteiger partial charge in [0.1, 0.15) is 5.75 Å². The van der Waals surface area contributed by atoms with Gasteiger partial charge in [-0.2, -0.15) is 13.2 Å². The maximum Gasteiger partial charge on any atom is 0.416 e. The lowest BCUT2D eigenvalue weighted by Crippen LogP contribution is -2.16. The zero-order valence-corrected chi connectivity index (χ0v) is 17.0. The summed E-state index contributed by atoms with van der Waals surface area (Å²) in [6.07, 6.45) is -3.97. The first kappa shape index (κ1) is 21.4. The van der Waals surface area contributed by atoms with Gasteiger partial charge in [0.05, 0.1) is 21.3 Å². The summed E-state index contributed by atoms with van der Waals surface area (Å²) in [6.45, 7) is 0.647. The van der Waals surface area contributed by atoms with Crippen molar-refractivity contribution in [3.8, 4) is 5.75 Å². The van der Waals surface area contributed by atoms with E-state index in [1.165, 1.54) is 12.1 Å². The first-order valence-electron chi connectivity index (χ1n) is 8.50. The number of anilines is 1. The molecule has 154 valence electrons. The van der Waals surface area contributed by atoms with Gasteiger partial charge >= 0.3 is 6.18 Å². The Morgan fingerprint density at radius 3 is 2.66 bits per heavy atom. The predicted octanol–water partition coefficient (Wildman–Crippen LogP) is 5.03. The molecule has 1 aromatic heterocycles. The lowest BCUT2D eigenvalue weighted by molar-refractivity contribution is -0.137. The van der Waals surface area contributed by atoms with Gasteiger partial charge in [-0.15, -0.1) is 0 Å². The summed E-state index contributed by atoms with van der Waals surface area (Å²) < 4.78 is 38.9. The molecule has 0 saturated heterocycles. The molecule has 0 radical (unpaired) electrons. The van der Waals surface area contributed by atoms with Gasteiger partial charge in [-0.3, -0.25) is 10.1 Å². The minimum Gasteiger partial charge on any atom is -0.507 e. The second-order valence-corrected chi connectivity index (χ2v) is 8.13. The van der Waals surface area contributed by atoms with E-state index >= 15 is 0 Å². The summed E-state index contributed by atoms with van der Waals surface area (Å²) in [4.78, 5) is 18.7. The van der Waals surface area contributed by atoms with Gasteiger partial charge in [-0.25, -0.2) is 4.98 Å². The molecule has 2 N–H and O–H groups in total. The zero-order valence-electron chi connectivity index (χ0n) is 15.5. The second-order valence-electron chi connectivity index (χ2n) is 6.67. The SMILES string of the molecule is CN(C)CCc1cc(Cl)cc(C(=O)Nc2nc3ccc(C(F)(F)F)cc3s2)c1O. The zero-order chi connectivity index (χ0) is 21.3. The van der Waals surface area contributed by atoms with E-state index in [4.69, 9.17) is 11.6 Å². The number of phenolic OH excluding ortho intramolecular Hbond substituents is 1. The van der Waals surface area contributed by atoms with Crippen LogP contribution in [-0.2, 0) is 12.6 Å². The molecule has 10 heteroatoms. The number of phenols is 1. The quantitative estimate of drug-likeness (QED) is 0.580. The molecule has 0 aliphatic carbocycles. The van der Waals surface area contributed by atoms with Crippen molar-refractivity contribution in [1.82, 2.24) is 9.88 Å². The maximum absolute atomic E-state index is 12.9. The van der Waals surface area contributed by atoms with Crippen molar-refractivity contribution >= 4 is 44.2 Å². The number of aromatic hydroxyl groups is 1. The number of benzene rings is 2. The lowest BCUT2D eigenvalue weighted by Gasteiger charge is -2.13. The van der Waals surface area contributed by atoms with Crippen LogP contribution >= 0.6 is 22.9 Å². The van der Waals surface area contributed by atoms with Crippen molar-refractivity contribution in [2.75, 3.05) is 26.0 Å². The van der Waals surface area contributed by atoms with Gasteiger partial charge in [0.25, 0.3) is 5.91 Å². The Kier molecular flexibility index (Phi) is 6.02. The highest BCUT2D eigenvalue weighted by Crippen LogP contribution is 2.35. The number of hydrogen-bond acceptors (Lipinski definition) is 5. The van der Waals surface area contributed by atoms with Crippen LogP contribution in [0.4, 0.5) is 18.3 Å². The van der Waals surface area contributed by atoms with Gasteiger partial charge in [-0.05, 0) is 56.4 Å². The van der Waals surface area contributed by atoms with E-state index in [9.17, 15) is 23.1 Å². The Morgan fingerprint density at radius 2 is 2.00 bits per heavy atom. The molecule has 0 spiro atoms. The highest BCUT2D eigenvalue weighted by molar-refractivity contribution is 7.22. The molecule has 0 bridgehead atoms. The molecule has 5 nitrogen and oxygen atoms in total. The summed E-state index contributed by atoms with van der Waals surface area (Å²) in [5.74, 6) is -0.833. The maximum atomic E-state index is 12.9. The van der Waals surface area contributed by atoms with Crippen molar-refractivity contribution < 1.29 is 23.1 Å². The number of aromatic nitrogens is 1. The van der Waals surface area contributed by atoms with E-state index in [0.29, 0.717) is 29.1 Å². The monoisotopic (exact) mass is 443 g/mol. The van der Waals surface area contributed by atoms with Crippen LogP contribution in [0.1, 0.15) is 21.5 Å². The van der Waals surface area contributed by atoms with Gasteiger partial charge in [-0.1, -0.05) is 22.9 Å². The predicted molar refractivity (Wildman–Crippen MR) is 108 cm³/mol. The lowest BCUT2D eigenvalue weighted by atomic mass is 10.1. The number of nitrogens with one attached hydrogen (secondary N) is 1. The minimum atomic E-state index is -4.46. The van der Waals surface area contributed by atoms with E-state index in [1.807, 2.05) is 19.0 Å². The summed E-state index contributed by atoms with van der Waals surface area (Å²) in [7, 11) is 3.76. The Bertz CT molecular complexity index is 1070. The van der Waals surface area contributed by atoms with Gasteiger partial charge < -0.3 is 10.0 Å². The fourth-order valence-corrected chi connectivity index (χ4v) is 3.82. The summed E-state index contributed by atoms with van der Waals surface area (Å²) in [6, 6.07) is 6.10. The van der Waals surface area contributed by atoms with Crippen LogP contribution in [0.15, 0.2) is 30.3 Å². The summed E-state index contributed by atoms with van der Waals surface area (Å²) in [5, 5.41) is 13.4. The molecule has 0 fully saturated rings. The number of likely N-dealkylation sites (N-methyl/N-ethyl adjacent to an activating group) is 1. The molecule has 0 atom stereocenters. The normalized spacial score (nSPS) is 12.0. The second kappa shape index (κ2) is 8.17. The van der Waals surface area contributed by atoms with Crippen LogP contribution in [0, 0.1) is 0 Å². The topological polar surface area (TPSA) is 65.5 Å². The Balaban J connectivity index is 1.86. The molecule has 0 saturated carbocycles. The third-order valence-corrected chi connectivity index (χ3v) is 5.31. The first-order valence-corrected chi connectivity index (χ1v) is 9.69. The van der Waals surface area contributed by atoms with E-state index in [1.54, 1.807) is 6.07 Å². The largest absolute Gasteiger partial charge is 0.507 e. The number of hydrogen-bond donors (Lipinski definition) is 2. The van der Waals surface area contributed by atoms with E-state index in [0.717, 1.165) is 23.5 Å². The van der Waals surface area contributed by atoms with Crippen molar-refractivity contribution in [3.63, 3.8) is 0 Å². The Morgan fingerprint density at radius 1 is 1.28 bits per heavy atom. The smallest absolute Gasteiger partial charge is 0.416 e. The fraction of sp³-hybridized carbons (Fsp3) is 0.263. The van der Waals surface area contributed by atoms with Crippen LogP contribution in [-0.4, -0.2) is 41.5 Å². The molecule has 1 amide bonds. The van der Waals surface area contributed by atoms with Gasteiger partial charge in [0, 0.05) is 11.6 Å². The number of thiazole rings is 1. The molecule has 3 aromatic rings. The molecule has 0 unspecified atom stereocenters. The number of halogens is 4. The van der Waals surface area contributed by atoms with Crippen LogP contribution in [0.25, 0.3) is 10.2 Å². The van der Waals surface area contributed by atoms with Gasteiger partial charge in [0.2, 0.25) is 0 Å². The minimum absolute atomic E-state index is 0.0264. The van der Waals surface area contributed by atoms with Crippen LogP contribution in [0.5, 0.6) is 5.75 Å². The van der Waals surface area contributed by atoms with Crippen molar-refractivity contribution in [1.29, 1.82) is 0 Å². The third-order valence-electron chi connectivity index (χ3n) is 4.16. The number of rotatable bonds is 5. The van der Waals surface area contributed by atoms with E-state index in [-0.39, 0.29) is 21.1 Å². The average Bonchev–Trinajstić information content (AvgIpc) is 3.02. The molecule has 2 aromatic carbocycles. The van der Waals surface area contributed by atoms with Crippen LogP contribution in [0.2, 0.25) is 5.02 Å². The summed E-state index contributed by atoms with van der Waals surface area (Å²) >= 11 is 7.00. The summed E-state index contributed by atoms with van der Waals surface area (Å²) in [5.41, 5.74) is 0.0433. The number of nitrogens with zero attached hydrogens (tertiary/aromatic N) is 2. The molecular formula is C19H17ClF3N3O2S. The Labute approximate surface area is 173 Å². The number of alkyl halides is 3. The Hall–Kier alpha value is -2.36.